The van der Waals surface area contributed by atoms with Crippen LogP contribution in [0.2, 0.25) is 0 Å². The minimum absolute atomic E-state index is 0.0268. The first kappa shape index (κ1) is 23.3. The highest BCUT2D eigenvalue weighted by atomic mass is 16.5. The summed E-state index contributed by atoms with van der Waals surface area (Å²) in [5, 5.41) is 5.68. The molecule has 0 aromatic heterocycles. The van der Waals surface area contributed by atoms with Crippen molar-refractivity contribution in [2.45, 2.75) is 26.7 Å². The standard InChI is InChI=1S/C25H31N3O4/c1-17-13-18(2)15-21(14-17)25(31)28-12-4-5-20(16-28)24(30)27-11-10-26-23(29)19-6-8-22(32-3)9-7-19/h6-9,13-15,20H,4-5,10-12,16H2,1-3H3,(H,26,29)(H,27,30). The van der Waals surface area contributed by atoms with Crippen molar-refractivity contribution in [3.05, 3.63) is 64.7 Å². The molecule has 1 saturated heterocycles. The molecule has 32 heavy (non-hydrogen) atoms. The second-order valence-corrected chi connectivity index (χ2v) is 8.24. The van der Waals surface area contributed by atoms with Crippen LogP contribution in [-0.2, 0) is 4.79 Å². The summed E-state index contributed by atoms with van der Waals surface area (Å²) in [4.78, 5) is 39.5. The van der Waals surface area contributed by atoms with Crippen LogP contribution in [0.3, 0.4) is 0 Å². The summed E-state index contributed by atoms with van der Waals surface area (Å²) in [5.74, 6) is 0.134. The van der Waals surface area contributed by atoms with Crippen LogP contribution in [0.1, 0.15) is 44.7 Å². The molecule has 3 amide bonds. The van der Waals surface area contributed by atoms with Gasteiger partial charge in [0.1, 0.15) is 5.75 Å². The quantitative estimate of drug-likeness (QED) is 0.652. The predicted octanol–water partition coefficient (Wildman–Crippen LogP) is 2.71. The maximum absolute atomic E-state index is 12.9. The van der Waals surface area contributed by atoms with E-state index in [1.807, 2.05) is 32.0 Å². The van der Waals surface area contributed by atoms with Crippen LogP contribution in [-0.4, -0.2) is 55.9 Å². The molecule has 0 spiro atoms. The maximum Gasteiger partial charge on any atom is 0.253 e. The summed E-state index contributed by atoms with van der Waals surface area (Å²) in [6.45, 7) is 5.69. The van der Waals surface area contributed by atoms with Gasteiger partial charge >= 0.3 is 0 Å². The van der Waals surface area contributed by atoms with Gasteiger partial charge in [0.05, 0.1) is 13.0 Å². The average molecular weight is 438 g/mol. The SMILES string of the molecule is COc1ccc(C(=O)NCCNC(=O)C2CCCN(C(=O)c3cc(C)cc(C)c3)C2)cc1. The maximum atomic E-state index is 12.9. The zero-order valence-electron chi connectivity index (χ0n) is 18.9. The smallest absolute Gasteiger partial charge is 0.253 e. The van der Waals surface area contributed by atoms with Crippen LogP contribution in [0.4, 0.5) is 0 Å². The van der Waals surface area contributed by atoms with Crippen LogP contribution < -0.4 is 15.4 Å². The van der Waals surface area contributed by atoms with Gasteiger partial charge in [0, 0.05) is 37.3 Å². The van der Waals surface area contributed by atoms with Crippen molar-refractivity contribution in [2.75, 3.05) is 33.3 Å². The lowest BCUT2D eigenvalue weighted by atomic mass is 9.96. The minimum Gasteiger partial charge on any atom is -0.497 e. The number of likely N-dealkylation sites (tertiary alicyclic amines) is 1. The molecule has 7 heteroatoms. The van der Waals surface area contributed by atoms with Gasteiger partial charge in [-0.3, -0.25) is 14.4 Å². The van der Waals surface area contributed by atoms with Crippen molar-refractivity contribution in [3.8, 4) is 5.75 Å². The highest BCUT2D eigenvalue weighted by Crippen LogP contribution is 2.20. The number of hydrogen-bond donors (Lipinski definition) is 2. The number of nitrogens with one attached hydrogen (secondary N) is 2. The van der Waals surface area contributed by atoms with Crippen molar-refractivity contribution in [2.24, 2.45) is 5.92 Å². The Bertz CT molecular complexity index is 951. The monoisotopic (exact) mass is 437 g/mol. The number of rotatable bonds is 7. The molecule has 3 rings (SSSR count). The van der Waals surface area contributed by atoms with Crippen LogP contribution in [0, 0.1) is 19.8 Å². The number of amides is 3. The third-order valence-electron chi connectivity index (χ3n) is 5.61. The van der Waals surface area contributed by atoms with Crippen LogP contribution >= 0.6 is 0 Å². The number of carbonyl (C=O) groups excluding carboxylic acids is 3. The van der Waals surface area contributed by atoms with Gasteiger partial charge in [0.2, 0.25) is 5.91 Å². The van der Waals surface area contributed by atoms with Crippen molar-refractivity contribution in [3.63, 3.8) is 0 Å². The summed E-state index contributed by atoms with van der Waals surface area (Å²) >= 11 is 0. The number of ether oxygens (including phenoxy) is 1. The van der Waals surface area contributed by atoms with Crippen molar-refractivity contribution in [1.82, 2.24) is 15.5 Å². The molecule has 1 unspecified atom stereocenters. The number of methoxy groups -OCH3 is 1. The topological polar surface area (TPSA) is 87.7 Å². The Morgan fingerprint density at radius 2 is 1.62 bits per heavy atom. The molecule has 0 radical (unpaired) electrons. The van der Waals surface area contributed by atoms with Crippen molar-refractivity contribution >= 4 is 17.7 Å². The van der Waals surface area contributed by atoms with Crippen molar-refractivity contribution < 1.29 is 19.1 Å². The van der Waals surface area contributed by atoms with E-state index in [1.54, 1.807) is 36.3 Å². The fraction of sp³-hybridized carbons (Fsp3) is 0.400. The molecule has 1 fully saturated rings. The van der Waals surface area contributed by atoms with E-state index in [0.717, 1.165) is 24.0 Å². The normalized spacial score (nSPS) is 15.7. The summed E-state index contributed by atoms with van der Waals surface area (Å²) in [6, 6.07) is 12.7. The molecular weight excluding hydrogens is 406 g/mol. The Balaban J connectivity index is 1.45. The molecule has 1 aliphatic rings. The third kappa shape index (κ3) is 6.09. The first-order chi connectivity index (χ1) is 15.4. The molecule has 7 nitrogen and oxygen atoms in total. The van der Waals surface area contributed by atoms with E-state index >= 15 is 0 Å². The average Bonchev–Trinajstić information content (AvgIpc) is 2.80. The Hall–Kier alpha value is -3.35. The molecule has 1 atom stereocenters. The van der Waals surface area contributed by atoms with E-state index in [0.29, 0.717) is 43.1 Å². The van der Waals surface area contributed by atoms with Gasteiger partial charge in [-0.15, -0.1) is 0 Å². The highest BCUT2D eigenvalue weighted by molar-refractivity contribution is 5.95. The molecule has 2 N–H and O–H groups in total. The van der Waals surface area contributed by atoms with Gasteiger partial charge in [-0.05, 0) is 63.1 Å². The third-order valence-corrected chi connectivity index (χ3v) is 5.61. The minimum atomic E-state index is -0.240. The zero-order valence-corrected chi connectivity index (χ0v) is 18.9. The summed E-state index contributed by atoms with van der Waals surface area (Å²) < 4.78 is 5.09. The molecule has 170 valence electrons. The first-order valence-electron chi connectivity index (χ1n) is 10.9. The fourth-order valence-electron chi connectivity index (χ4n) is 4.01. The highest BCUT2D eigenvalue weighted by Gasteiger charge is 2.28. The van der Waals surface area contributed by atoms with Gasteiger partial charge < -0.3 is 20.3 Å². The summed E-state index contributed by atoms with van der Waals surface area (Å²) in [5.41, 5.74) is 3.31. The largest absolute Gasteiger partial charge is 0.497 e. The van der Waals surface area contributed by atoms with Gasteiger partial charge in [0.25, 0.3) is 11.8 Å². The van der Waals surface area contributed by atoms with Crippen LogP contribution in [0.5, 0.6) is 5.75 Å². The molecule has 0 saturated carbocycles. The Morgan fingerprint density at radius 3 is 2.28 bits per heavy atom. The van der Waals surface area contributed by atoms with E-state index in [9.17, 15) is 14.4 Å². The molecule has 2 aromatic carbocycles. The molecular formula is C25H31N3O4. The molecule has 1 aliphatic heterocycles. The van der Waals surface area contributed by atoms with Crippen molar-refractivity contribution in [1.29, 1.82) is 0 Å². The van der Waals surface area contributed by atoms with Crippen LogP contribution in [0.15, 0.2) is 42.5 Å². The first-order valence-corrected chi connectivity index (χ1v) is 10.9. The van der Waals surface area contributed by atoms with E-state index in [1.165, 1.54) is 0 Å². The molecule has 1 heterocycles. The molecule has 2 aromatic rings. The van der Waals surface area contributed by atoms with Gasteiger partial charge in [0.15, 0.2) is 0 Å². The summed E-state index contributed by atoms with van der Waals surface area (Å²) in [7, 11) is 1.57. The number of nitrogens with zero attached hydrogens (tertiary/aromatic N) is 1. The second-order valence-electron chi connectivity index (χ2n) is 8.24. The Morgan fingerprint density at radius 1 is 0.969 bits per heavy atom. The van der Waals surface area contributed by atoms with Gasteiger partial charge in [-0.2, -0.15) is 0 Å². The van der Waals surface area contributed by atoms with Crippen LogP contribution in [0.25, 0.3) is 0 Å². The van der Waals surface area contributed by atoms with E-state index < -0.39 is 0 Å². The lowest BCUT2D eigenvalue weighted by Gasteiger charge is -2.32. The number of hydrogen-bond acceptors (Lipinski definition) is 4. The lowest BCUT2D eigenvalue weighted by molar-refractivity contribution is -0.126. The number of aryl methyl sites for hydroxylation is 2. The van der Waals surface area contributed by atoms with Gasteiger partial charge in [-0.1, -0.05) is 17.2 Å². The van der Waals surface area contributed by atoms with E-state index in [-0.39, 0.29) is 23.6 Å². The summed E-state index contributed by atoms with van der Waals surface area (Å²) in [6.07, 6.45) is 1.55. The lowest BCUT2D eigenvalue weighted by Crippen LogP contribution is -2.46. The number of carbonyl (C=O) groups is 3. The Kier molecular flexibility index (Phi) is 7.87. The molecule has 0 bridgehead atoms. The van der Waals surface area contributed by atoms with Gasteiger partial charge in [-0.25, -0.2) is 0 Å². The number of benzene rings is 2. The fourth-order valence-corrected chi connectivity index (χ4v) is 4.01. The second kappa shape index (κ2) is 10.8. The zero-order chi connectivity index (χ0) is 23.1. The Labute approximate surface area is 189 Å². The number of piperidine rings is 1. The predicted molar refractivity (Wildman–Crippen MR) is 123 cm³/mol. The van der Waals surface area contributed by atoms with E-state index in [4.69, 9.17) is 4.74 Å². The molecule has 0 aliphatic carbocycles. The van der Waals surface area contributed by atoms with E-state index in [2.05, 4.69) is 10.6 Å².